The Kier molecular flexibility index (Phi) is 5.27. The number of anilines is 1. The first-order valence-corrected chi connectivity index (χ1v) is 8.84. The van der Waals surface area contributed by atoms with E-state index in [2.05, 4.69) is 20.5 Å². The van der Waals surface area contributed by atoms with Gasteiger partial charge in [-0.15, -0.1) is 10.2 Å². The van der Waals surface area contributed by atoms with E-state index >= 15 is 0 Å². The van der Waals surface area contributed by atoms with Gasteiger partial charge in [-0.1, -0.05) is 11.8 Å². The number of aryl methyl sites for hydroxylation is 2. The van der Waals surface area contributed by atoms with E-state index in [4.69, 9.17) is 9.47 Å². The van der Waals surface area contributed by atoms with E-state index in [0.29, 0.717) is 28.1 Å². The molecule has 1 N–H and O–H groups in total. The van der Waals surface area contributed by atoms with Crippen LogP contribution in [0.1, 0.15) is 11.4 Å². The summed E-state index contributed by atoms with van der Waals surface area (Å²) < 4.78 is 12.3. The Bertz CT molecular complexity index is 957. The van der Waals surface area contributed by atoms with Crippen LogP contribution in [-0.2, 0) is 4.79 Å². The Morgan fingerprint density at radius 3 is 2.73 bits per heavy atom. The highest BCUT2D eigenvalue weighted by Crippen LogP contribution is 2.29. The van der Waals surface area contributed by atoms with Crippen LogP contribution < -0.4 is 14.8 Å². The van der Waals surface area contributed by atoms with Crippen molar-refractivity contribution in [3.05, 3.63) is 35.7 Å². The average Bonchev–Trinajstić information content (AvgIpc) is 3.03. The van der Waals surface area contributed by atoms with Gasteiger partial charge in [0.05, 0.1) is 25.7 Å². The van der Waals surface area contributed by atoms with Crippen LogP contribution in [0.3, 0.4) is 0 Å². The predicted molar refractivity (Wildman–Crippen MR) is 99.2 cm³/mol. The minimum atomic E-state index is -0.184. The molecule has 1 amide bonds. The van der Waals surface area contributed by atoms with Crippen molar-refractivity contribution in [2.45, 2.75) is 19.0 Å². The predicted octanol–water partition coefficient (Wildman–Crippen LogP) is 2.49. The van der Waals surface area contributed by atoms with Crippen LogP contribution >= 0.6 is 11.8 Å². The molecule has 0 aliphatic heterocycles. The van der Waals surface area contributed by atoms with E-state index < -0.39 is 0 Å². The minimum absolute atomic E-state index is 0.175. The number of methoxy groups -OCH3 is 2. The molecule has 0 radical (unpaired) electrons. The lowest BCUT2D eigenvalue weighted by Gasteiger charge is -2.11. The first-order chi connectivity index (χ1) is 12.5. The van der Waals surface area contributed by atoms with Gasteiger partial charge in [-0.05, 0) is 32.0 Å². The first-order valence-electron chi connectivity index (χ1n) is 7.86. The van der Waals surface area contributed by atoms with Gasteiger partial charge in [0.2, 0.25) is 5.91 Å². The van der Waals surface area contributed by atoms with E-state index in [0.717, 1.165) is 11.4 Å². The van der Waals surface area contributed by atoms with Gasteiger partial charge in [-0.25, -0.2) is 4.98 Å². The maximum atomic E-state index is 12.3. The molecule has 136 valence electrons. The zero-order valence-electron chi connectivity index (χ0n) is 14.9. The SMILES string of the molecule is COc1ccc(OC)c(NC(=O)CSc2nnc3nc(C)cc(C)n23)c1. The number of rotatable bonds is 6. The molecule has 1 aromatic carbocycles. The molecule has 8 nitrogen and oxygen atoms in total. The fourth-order valence-electron chi connectivity index (χ4n) is 2.52. The summed E-state index contributed by atoms with van der Waals surface area (Å²) in [5.41, 5.74) is 2.40. The van der Waals surface area contributed by atoms with Crippen LogP contribution in [0, 0.1) is 13.8 Å². The molecule has 0 aliphatic rings. The molecular formula is C17H19N5O3S. The summed E-state index contributed by atoms with van der Waals surface area (Å²) in [5, 5.41) is 11.6. The van der Waals surface area contributed by atoms with Crippen molar-refractivity contribution in [3.8, 4) is 11.5 Å². The number of ether oxygens (including phenoxy) is 2. The van der Waals surface area contributed by atoms with Crippen molar-refractivity contribution in [3.63, 3.8) is 0 Å². The van der Waals surface area contributed by atoms with Crippen molar-refractivity contribution in [2.75, 3.05) is 25.3 Å². The van der Waals surface area contributed by atoms with Crippen molar-refractivity contribution >= 4 is 29.1 Å². The Labute approximate surface area is 154 Å². The molecule has 26 heavy (non-hydrogen) atoms. The fraction of sp³-hybridized carbons (Fsp3) is 0.294. The number of thioether (sulfide) groups is 1. The number of hydrogen-bond acceptors (Lipinski definition) is 7. The molecule has 2 aromatic heterocycles. The van der Waals surface area contributed by atoms with Crippen molar-refractivity contribution in [2.24, 2.45) is 0 Å². The van der Waals surface area contributed by atoms with Crippen molar-refractivity contribution in [1.82, 2.24) is 19.6 Å². The topological polar surface area (TPSA) is 90.6 Å². The minimum Gasteiger partial charge on any atom is -0.497 e. The summed E-state index contributed by atoms with van der Waals surface area (Å²) in [7, 11) is 3.12. The Hall–Kier alpha value is -2.81. The Morgan fingerprint density at radius 1 is 1.19 bits per heavy atom. The molecule has 0 saturated carbocycles. The van der Waals surface area contributed by atoms with E-state index in [1.807, 2.05) is 24.3 Å². The first kappa shape index (κ1) is 18.0. The van der Waals surface area contributed by atoms with Crippen LogP contribution in [0.25, 0.3) is 5.78 Å². The molecule has 0 saturated heterocycles. The number of nitrogens with one attached hydrogen (secondary N) is 1. The molecular weight excluding hydrogens is 354 g/mol. The summed E-state index contributed by atoms with van der Waals surface area (Å²) in [6.07, 6.45) is 0. The maximum Gasteiger partial charge on any atom is 0.256 e. The zero-order chi connectivity index (χ0) is 18.7. The van der Waals surface area contributed by atoms with E-state index in [-0.39, 0.29) is 11.7 Å². The second kappa shape index (κ2) is 7.61. The lowest BCUT2D eigenvalue weighted by Crippen LogP contribution is -2.15. The zero-order valence-corrected chi connectivity index (χ0v) is 15.8. The fourth-order valence-corrected chi connectivity index (χ4v) is 3.31. The summed E-state index contributed by atoms with van der Waals surface area (Å²) in [6, 6.07) is 7.17. The Balaban J connectivity index is 1.72. The van der Waals surface area contributed by atoms with Gasteiger partial charge < -0.3 is 14.8 Å². The van der Waals surface area contributed by atoms with Gasteiger partial charge in [0.15, 0.2) is 5.16 Å². The number of fused-ring (bicyclic) bond motifs is 1. The smallest absolute Gasteiger partial charge is 0.256 e. The highest BCUT2D eigenvalue weighted by Gasteiger charge is 2.14. The molecule has 0 fully saturated rings. The number of benzene rings is 1. The summed E-state index contributed by atoms with van der Waals surface area (Å²) in [5.74, 6) is 1.71. The third-order valence-corrected chi connectivity index (χ3v) is 4.61. The molecule has 3 rings (SSSR count). The second-order valence-corrected chi connectivity index (χ2v) is 6.50. The van der Waals surface area contributed by atoms with E-state index in [9.17, 15) is 4.79 Å². The third-order valence-electron chi connectivity index (χ3n) is 3.68. The Morgan fingerprint density at radius 2 is 2.00 bits per heavy atom. The maximum absolute atomic E-state index is 12.3. The normalized spacial score (nSPS) is 10.8. The highest BCUT2D eigenvalue weighted by atomic mass is 32.2. The van der Waals surface area contributed by atoms with Crippen LogP contribution in [0.4, 0.5) is 5.69 Å². The molecule has 2 heterocycles. The van der Waals surface area contributed by atoms with Gasteiger partial charge in [-0.2, -0.15) is 0 Å². The standard InChI is InChI=1S/C17H19N5O3S/c1-10-7-11(2)22-16(18-10)20-21-17(22)26-9-15(23)19-13-8-12(24-3)5-6-14(13)25-4/h5-8H,9H2,1-4H3,(H,19,23). The van der Waals surface area contributed by atoms with Crippen molar-refractivity contribution < 1.29 is 14.3 Å². The molecule has 0 aliphatic carbocycles. The molecule has 3 aromatic rings. The average molecular weight is 373 g/mol. The monoisotopic (exact) mass is 373 g/mol. The summed E-state index contributed by atoms with van der Waals surface area (Å²) >= 11 is 1.29. The van der Waals surface area contributed by atoms with Gasteiger partial charge in [0, 0.05) is 17.5 Å². The van der Waals surface area contributed by atoms with Gasteiger partial charge in [0.25, 0.3) is 5.78 Å². The molecule has 9 heteroatoms. The van der Waals surface area contributed by atoms with E-state index in [1.165, 1.54) is 11.8 Å². The molecule has 0 spiro atoms. The van der Waals surface area contributed by atoms with Crippen LogP contribution in [0.15, 0.2) is 29.4 Å². The molecule has 0 atom stereocenters. The number of hydrogen-bond donors (Lipinski definition) is 1. The largest absolute Gasteiger partial charge is 0.497 e. The van der Waals surface area contributed by atoms with Crippen LogP contribution in [0.5, 0.6) is 11.5 Å². The molecule has 0 unspecified atom stereocenters. The second-order valence-electron chi connectivity index (χ2n) is 5.56. The number of carbonyl (C=O) groups excluding carboxylic acids is 1. The van der Waals surface area contributed by atoms with Gasteiger partial charge >= 0.3 is 0 Å². The van der Waals surface area contributed by atoms with E-state index in [1.54, 1.807) is 32.4 Å². The number of amides is 1. The third kappa shape index (κ3) is 3.72. The van der Waals surface area contributed by atoms with Gasteiger partial charge in [0.1, 0.15) is 11.5 Å². The lowest BCUT2D eigenvalue weighted by atomic mass is 10.2. The number of aromatic nitrogens is 4. The quantitative estimate of drug-likeness (QED) is 0.664. The van der Waals surface area contributed by atoms with Crippen LogP contribution in [-0.4, -0.2) is 45.5 Å². The van der Waals surface area contributed by atoms with Gasteiger partial charge in [-0.3, -0.25) is 9.20 Å². The number of nitrogens with zero attached hydrogens (tertiary/aromatic N) is 4. The molecule has 0 bridgehead atoms. The summed E-state index contributed by atoms with van der Waals surface area (Å²) in [6.45, 7) is 3.86. The number of carbonyl (C=O) groups is 1. The van der Waals surface area contributed by atoms with Crippen molar-refractivity contribution in [1.29, 1.82) is 0 Å². The van der Waals surface area contributed by atoms with Crippen LogP contribution in [0.2, 0.25) is 0 Å². The summed E-state index contributed by atoms with van der Waals surface area (Å²) in [4.78, 5) is 16.7. The highest BCUT2D eigenvalue weighted by molar-refractivity contribution is 7.99. The lowest BCUT2D eigenvalue weighted by molar-refractivity contribution is -0.113.